The fraction of sp³-hybridized carbons (Fsp3) is 0.111. The molecule has 0 spiro atoms. The van der Waals surface area contributed by atoms with E-state index in [1.54, 1.807) is 6.20 Å². The molecule has 0 fully saturated rings. The lowest BCUT2D eigenvalue weighted by atomic mass is 10.0. The van der Waals surface area contributed by atoms with E-state index in [2.05, 4.69) is 20.2 Å². The van der Waals surface area contributed by atoms with Crippen LogP contribution in [0.4, 0.5) is 5.95 Å². The molecule has 0 atom stereocenters. The summed E-state index contributed by atoms with van der Waals surface area (Å²) in [7, 11) is 0. The van der Waals surface area contributed by atoms with Crippen LogP contribution >= 0.6 is 0 Å². The molecule has 0 unspecified atom stereocenters. The van der Waals surface area contributed by atoms with E-state index in [1.165, 1.54) is 0 Å². The van der Waals surface area contributed by atoms with Gasteiger partial charge < -0.3 is 10.2 Å². The third-order valence-electron chi connectivity index (χ3n) is 3.85. The summed E-state index contributed by atoms with van der Waals surface area (Å²) < 4.78 is 5.71. The van der Waals surface area contributed by atoms with Gasteiger partial charge in [-0.05, 0) is 49.7 Å². The molecule has 3 aromatic heterocycles. The van der Waals surface area contributed by atoms with Crippen LogP contribution in [-0.2, 0) is 0 Å². The minimum Gasteiger partial charge on any atom is -0.460 e. The Balaban J connectivity index is 1.97. The smallest absolute Gasteiger partial charge is 0.240 e. The van der Waals surface area contributed by atoms with Gasteiger partial charge in [-0.15, -0.1) is 10.2 Å². The van der Waals surface area contributed by atoms with Crippen molar-refractivity contribution >= 4 is 16.9 Å². The predicted octanol–water partition coefficient (Wildman–Crippen LogP) is 3.55. The molecule has 0 aliphatic heterocycles. The molecule has 0 saturated carbocycles. The van der Waals surface area contributed by atoms with Gasteiger partial charge in [-0.2, -0.15) is 0 Å². The Morgan fingerprint density at radius 1 is 1.00 bits per heavy atom. The normalized spacial score (nSPS) is 11.1. The average Bonchev–Trinajstić information content (AvgIpc) is 3.01. The van der Waals surface area contributed by atoms with Crippen molar-refractivity contribution in [3.05, 3.63) is 53.9 Å². The van der Waals surface area contributed by atoms with Crippen LogP contribution in [0.1, 0.15) is 11.3 Å². The van der Waals surface area contributed by atoms with Crippen LogP contribution in [0.25, 0.3) is 33.6 Å². The average molecular weight is 317 g/mol. The van der Waals surface area contributed by atoms with Crippen LogP contribution in [0, 0.1) is 13.8 Å². The Kier molecular flexibility index (Phi) is 3.23. The highest BCUT2D eigenvalue weighted by molar-refractivity contribution is 5.88. The van der Waals surface area contributed by atoms with Crippen molar-refractivity contribution in [3.8, 4) is 22.7 Å². The number of hydrogen-bond donors (Lipinski definition) is 1. The SMILES string of the molecule is Cc1ccc(-c2nc(N)nnc2-c2cc(C)c3ncccc3c2)o1. The van der Waals surface area contributed by atoms with Gasteiger partial charge in [0.2, 0.25) is 5.95 Å². The Bertz CT molecular complexity index is 1050. The fourth-order valence-electron chi connectivity index (χ4n) is 2.78. The lowest BCUT2D eigenvalue weighted by molar-refractivity contribution is 0.546. The standard InChI is InChI=1S/C18H15N5O/c1-10-8-13(9-12-4-3-7-20-15(10)12)16-17(21-18(19)23-22-16)14-6-5-11(2)24-14/h3-9H,1-2H3,(H2,19,21,23). The second kappa shape index (κ2) is 5.42. The number of hydrogen-bond acceptors (Lipinski definition) is 6. The maximum absolute atomic E-state index is 5.73. The highest BCUT2D eigenvalue weighted by Crippen LogP contribution is 2.32. The lowest BCUT2D eigenvalue weighted by Crippen LogP contribution is -2.02. The van der Waals surface area contributed by atoms with Gasteiger partial charge in [-0.25, -0.2) is 4.98 Å². The quantitative estimate of drug-likeness (QED) is 0.608. The molecule has 1 aromatic carbocycles. The molecular weight excluding hydrogens is 302 g/mol. The highest BCUT2D eigenvalue weighted by atomic mass is 16.3. The number of aromatic nitrogens is 4. The van der Waals surface area contributed by atoms with E-state index in [4.69, 9.17) is 10.2 Å². The zero-order valence-corrected chi connectivity index (χ0v) is 13.3. The predicted molar refractivity (Wildman–Crippen MR) is 92.2 cm³/mol. The van der Waals surface area contributed by atoms with Gasteiger partial charge in [0, 0.05) is 17.1 Å². The van der Waals surface area contributed by atoms with Crippen molar-refractivity contribution in [2.45, 2.75) is 13.8 Å². The number of nitrogens with zero attached hydrogens (tertiary/aromatic N) is 4. The second-order valence-electron chi connectivity index (χ2n) is 5.65. The number of fused-ring (bicyclic) bond motifs is 1. The molecule has 3 heterocycles. The van der Waals surface area contributed by atoms with Gasteiger partial charge >= 0.3 is 0 Å². The molecule has 24 heavy (non-hydrogen) atoms. The summed E-state index contributed by atoms with van der Waals surface area (Å²) in [6.07, 6.45) is 1.79. The summed E-state index contributed by atoms with van der Waals surface area (Å²) in [4.78, 5) is 8.76. The molecule has 4 aromatic rings. The first-order valence-electron chi connectivity index (χ1n) is 7.54. The Morgan fingerprint density at radius 3 is 2.67 bits per heavy atom. The van der Waals surface area contributed by atoms with Crippen LogP contribution in [0.2, 0.25) is 0 Å². The fourth-order valence-corrected chi connectivity index (χ4v) is 2.78. The number of pyridine rings is 1. The first-order chi connectivity index (χ1) is 11.6. The Morgan fingerprint density at radius 2 is 1.88 bits per heavy atom. The van der Waals surface area contributed by atoms with E-state index < -0.39 is 0 Å². The summed E-state index contributed by atoms with van der Waals surface area (Å²) in [5.41, 5.74) is 9.87. The van der Waals surface area contributed by atoms with E-state index in [0.717, 1.165) is 27.8 Å². The van der Waals surface area contributed by atoms with Crippen molar-refractivity contribution < 1.29 is 4.42 Å². The third-order valence-corrected chi connectivity index (χ3v) is 3.85. The summed E-state index contributed by atoms with van der Waals surface area (Å²) in [6.45, 7) is 3.90. The molecular formula is C18H15N5O. The first kappa shape index (κ1) is 14.3. The number of benzene rings is 1. The largest absolute Gasteiger partial charge is 0.460 e. The Hall–Kier alpha value is -3.28. The van der Waals surface area contributed by atoms with Crippen LogP contribution in [0.3, 0.4) is 0 Å². The van der Waals surface area contributed by atoms with Gasteiger partial charge in [0.15, 0.2) is 5.76 Å². The molecule has 0 aliphatic carbocycles. The van der Waals surface area contributed by atoms with Gasteiger partial charge in [-0.1, -0.05) is 6.07 Å². The monoisotopic (exact) mass is 317 g/mol. The molecule has 6 heteroatoms. The van der Waals surface area contributed by atoms with Gasteiger partial charge in [0.1, 0.15) is 17.1 Å². The van der Waals surface area contributed by atoms with Crippen molar-refractivity contribution in [1.29, 1.82) is 0 Å². The van der Waals surface area contributed by atoms with Gasteiger partial charge in [0.25, 0.3) is 0 Å². The van der Waals surface area contributed by atoms with Crippen molar-refractivity contribution in [3.63, 3.8) is 0 Å². The zero-order chi connectivity index (χ0) is 16.7. The van der Waals surface area contributed by atoms with E-state index in [1.807, 2.05) is 50.2 Å². The van der Waals surface area contributed by atoms with E-state index in [-0.39, 0.29) is 5.95 Å². The number of nitrogens with two attached hydrogens (primary N) is 1. The maximum Gasteiger partial charge on any atom is 0.240 e. The third kappa shape index (κ3) is 2.38. The van der Waals surface area contributed by atoms with Gasteiger partial charge in [-0.3, -0.25) is 4.98 Å². The molecule has 0 radical (unpaired) electrons. The molecule has 118 valence electrons. The second-order valence-corrected chi connectivity index (χ2v) is 5.65. The molecule has 2 N–H and O–H groups in total. The molecule has 0 amide bonds. The van der Waals surface area contributed by atoms with Crippen molar-refractivity contribution in [2.75, 3.05) is 5.73 Å². The van der Waals surface area contributed by atoms with E-state index in [9.17, 15) is 0 Å². The van der Waals surface area contributed by atoms with Crippen LogP contribution in [0.5, 0.6) is 0 Å². The minimum absolute atomic E-state index is 0.113. The van der Waals surface area contributed by atoms with Crippen molar-refractivity contribution in [2.24, 2.45) is 0 Å². The first-order valence-corrected chi connectivity index (χ1v) is 7.54. The number of furan rings is 1. The summed E-state index contributed by atoms with van der Waals surface area (Å²) in [5.74, 6) is 1.53. The summed E-state index contributed by atoms with van der Waals surface area (Å²) in [6, 6.07) is 11.7. The highest BCUT2D eigenvalue weighted by Gasteiger charge is 2.16. The Labute approximate surface area is 138 Å². The molecule has 0 saturated heterocycles. The van der Waals surface area contributed by atoms with E-state index >= 15 is 0 Å². The number of nitrogen functional groups attached to an aromatic ring is 1. The van der Waals surface area contributed by atoms with Crippen LogP contribution in [-0.4, -0.2) is 20.2 Å². The zero-order valence-electron chi connectivity index (χ0n) is 13.3. The number of aryl methyl sites for hydroxylation is 2. The minimum atomic E-state index is 0.113. The molecule has 0 bridgehead atoms. The maximum atomic E-state index is 5.73. The molecule has 6 nitrogen and oxygen atoms in total. The van der Waals surface area contributed by atoms with Gasteiger partial charge in [0.05, 0.1) is 5.52 Å². The van der Waals surface area contributed by atoms with Crippen LogP contribution < -0.4 is 5.73 Å². The van der Waals surface area contributed by atoms with E-state index in [0.29, 0.717) is 17.1 Å². The number of rotatable bonds is 2. The summed E-state index contributed by atoms with van der Waals surface area (Å²) >= 11 is 0. The topological polar surface area (TPSA) is 90.7 Å². The van der Waals surface area contributed by atoms with Crippen LogP contribution in [0.15, 0.2) is 47.0 Å². The lowest BCUT2D eigenvalue weighted by Gasteiger charge is -2.09. The van der Waals surface area contributed by atoms with Crippen molar-refractivity contribution in [1.82, 2.24) is 20.2 Å². The molecule has 4 rings (SSSR count). The molecule has 0 aliphatic rings. The number of anilines is 1. The summed E-state index contributed by atoms with van der Waals surface area (Å²) in [5, 5.41) is 9.22.